The number of carbonyl (C=O) groups excluding carboxylic acids is 3. The molecule has 32 heavy (non-hydrogen) atoms. The van der Waals surface area contributed by atoms with Gasteiger partial charge in [0.15, 0.2) is 0 Å². The summed E-state index contributed by atoms with van der Waals surface area (Å²) in [7, 11) is 0. The first-order chi connectivity index (χ1) is 14.8. The third-order valence-corrected chi connectivity index (χ3v) is 4.17. The van der Waals surface area contributed by atoms with Gasteiger partial charge in [-0.1, -0.05) is 0 Å². The van der Waals surface area contributed by atoms with Crippen molar-refractivity contribution in [1.82, 2.24) is 16.0 Å². The van der Waals surface area contributed by atoms with E-state index in [-0.39, 0.29) is 30.3 Å². The topological polar surface area (TPSA) is 255 Å². The van der Waals surface area contributed by atoms with Crippen LogP contribution in [0.15, 0.2) is 4.58 Å². The number of amides is 3. The second-order valence-corrected chi connectivity index (χ2v) is 6.97. The van der Waals surface area contributed by atoms with Crippen LogP contribution in [0.2, 0.25) is 0 Å². The smallest absolute Gasteiger partial charge is 0.327 e. The third-order valence-electron chi connectivity index (χ3n) is 3.22. The number of aliphatic carboxylic acids is 3. The van der Waals surface area contributed by atoms with Gasteiger partial charge in [0.2, 0.25) is 17.7 Å². The number of hydrogen-bond acceptors (Lipinski definition) is 11. The van der Waals surface area contributed by atoms with Gasteiger partial charge in [-0.3, -0.25) is 24.0 Å². The molecule has 0 unspecified atom stereocenters. The average Bonchev–Trinajstić information content (AvgIpc) is 2.71. The van der Waals surface area contributed by atoms with Gasteiger partial charge >= 0.3 is 17.9 Å². The molecule has 0 rings (SSSR count). The minimum absolute atomic E-state index is 0.106. The first kappa shape index (κ1) is 31.3. The molecule has 3 amide bonds. The highest BCUT2D eigenvalue weighted by molar-refractivity contribution is 7.97. The van der Waals surface area contributed by atoms with Crippen molar-refractivity contribution in [2.24, 2.45) is 10.3 Å². The fourth-order valence-electron chi connectivity index (χ4n) is 1.68. The van der Waals surface area contributed by atoms with E-state index in [2.05, 4.69) is 33.2 Å². The first-order valence-corrected chi connectivity index (χ1v) is 10.3. The van der Waals surface area contributed by atoms with Gasteiger partial charge in [-0.2, -0.15) is 12.6 Å². The Bertz CT molecular complexity index is 694. The van der Waals surface area contributed by atoms with Gasteiger partial charge in [0.25, 0.3) is 0 Å². The maximum absolute atomic E-state index is 11.7. The molecule has 0 aliphatic heterocycles. The second kappa shape index (κ2) is 17.7. The number of nitrogens with one attached hydrogen (secondary N) is 3. The molecule has 0 spiro atoms. The minimum atomic E-state index is -1.27. The monoisotopic (exact) mass is 499 g/mol. The highest BCUT2D eigenvalue weighted by atomic mass is 32.2. The number of carbonyl (C=O) groups is 6. The summed E-state index contributed by atoms with van der Waals surface area (Å²) in [6.07, 6.45) is -0.376. The Labute approximate surface area is 191 Å². The molecule has 15 nitrogen and oxygen atoms in total. The van der Waals surface area contributed by atoms with Crippen molar-refractivity contribution in [2.45, 2.75) is 37.9 Å². The van der Waals surface area contributed by atoms with Crippen molar-refractivity contribution in [3.05, 3.63) is 4.91 Å². The lowest BCUT2D eigenvalue weighted by Crippen LogP contribution is -2.49. The molecule has 0 heterocycles. The molecule has 8 N–H and O–H groups in total. The molecule has 0 radical (unpaired) electrons. The lowest BCUT2D eigenvalue weighted by atomic mass is 10.1. The number of nitrogens with two attached hydrogens (primary N) is 1. The Kier molecular flexibility index (Phi) is 17.3. The highest BCUT2D eigenvalue weighted by Crippen LogP contribution is 2.05. The molecule has 17 heteroatoms. The molecule has 0 bridgehead atoms. The van der Waals surface area contributed by atoms with Crippen LogP contribution in [0.25, 0.3) is 0 Å². The molecular formula is C15H25N5O10S2. The molecule has 0 fully saturated rings. The van der Waals surface area contributed by atoms with E-state index in [0.29, 0.717) is 11.9 Å². The van der Waals surface area contributed by atoms with Crippen LogP contribution in [0.3, 0.4) is 0 Å². The molecule has 0 aromatic carbocycles. The normalized spacial score (nSPS) is 12.6. The Hall–Kier alpha value is -2.92. The van der Waals surface area contributed by atoms with Crippen LogP contribution in [0.5, 0.6) is 0 Å². The van der Waals surface area contributed by atoms with Crippen molar-refractivity contribution in [3.8, 4) is 0 Å². The van der Waals surface area contributed by atoms with Crippen LogP contribution in [0.1, 0.15) is 19.8 Å². The zero-order valence-corrected chi connectivity index (χ0v) is 18.6. The van der Waals surface area contributed by atoms with Crippen LogP contribution in [-0.4, -0.2) is 87.1 Å². The molecule has 182 valence electrons. The highest BCUT2D eigenvalue weighted by Gasteiger charge is 2.22. The fourth-order valence-corrected chi connectivity index (χ4v) is 2.37. The summed E-state index contributed by atoms with van der Waals surface area (Å²) in [5, 5.41) is 31.9. The quantitative estimate of drug-likeness (QED) is 0.0718. The van der Waals surface area contributed by atoms with E-state index in [4.69, 9.17) is 21.1 Å². The van der Waals surface area contributed by atoms with Crippen LogP contribution in [-0.2, 0) is 28.8 Å². The molecule has 0 aliphatic carbocycles. The van der Waals surface area contributed by atoms with E-state index in [1.54, 1.807) is 0 Å². The van der Waals surface area contributed by atoms with Crippen LogP contribution in [0.4, 0.5) is 0 Å². The van der Waals surface area contributed by atoms with Crippen molar-refractivity contribution in [2.75, 3.05) is 18.1 Å². The number of rotatable bonds is 14. The first-order valence-electron chi connectivity index (χ1n) is 8.68. The van der Waals surface area contributed by atoms with E-state index < -0.39 is 54.4 Å². The number of carboxylic acid groups (broad SMARTS) is 3. The molecule has 3 atom stereocenters. The van der Waals surface area contributed by atoms with Gasteiger partial charge in [0.1, 0.15) is 24.7 Å². The maximum Gasteiger partial charge on any atom is 0.327 e. The van der Waals surface area contributed by atoms with Crippen molar-refractivity contribution in [3.63, 3.8) is 0 Å². The molecule has 0 saturated heterocycles. The Morgan fingerprint density at radius 3 is 2.00 bits per heavy atom. The lowest BCUT2D eigenvalue weighted by Gasteiger charge is -2.16. The van der Waals surface area contributed by atoms with Crippen LogP contribution in [0, 0.1) is 4.91 Å². The van der Waals surface area contributed by atoms with Gasteiger partial charge in [-0.25, -0.2) is 4.79 Å². The zero-order chi connectivity index (χ0) is 25.3. The molecule has 0 aromatic rings. The largest absolute Gasteiger partial charge is 0.480 e. The van der Waals surface area contributed by atoms with Gasteiger partial charge in [0, 0.05) is 41.4 Å². The number of hydrogen-bond donors (Lipinski definition) is 8. The van der Waals surface area contributed by atoms with E-state index in [1.165, 1.54) is 6.92 Å². The summed E-state index contributed by atoms with van der Waals surface area (Å²) in [5.74, 6) is -5.49. The summed E-state index contributed by atoms with van der Waals surface area (Å²) in [5.41, 5.74) is 5.23. The van der Waals surface area contributed by atoms with E-state index in [9.17, 15) is 33.7 Å². The second-order valence-electron chi connectivity index (χ2n) is 5.86. The van der Waals surface area contributed by atoms with E-state index >= 15 is 0 Å². The number of nitroso groups, excluding NO2 is 1. The van der Waals surface area contributed by atoms with E-state index in [1.807, 2.05) is 0 Å². The van der Waals surface area contributed by atoms with Crippen molar-refractivity contribution in [1.29, 1.82) is 0 Å². The number of thiol groups is 1. The zero-order valence-electron chi connectivity index (χ0n) is 16.8. The van der Waals surface area contributed by atoms with Gasteiger partial charge in [0.05, 0.1) is 0 Å². The average molecular weight is 500 g/mol. The Balaban J connectivity index is 0. The number of carboxylic acids is 3. The summed E-state index contributed by atoms with van der Waals surface area (Å²) in [6, 6.07) is -3.26. The summed E-state index contributed by atoms with van der Waals surface area (Å²) < 4.78 is 2.48. The van der Waals surface area contributed by atoms with Crippen LogP contribution < -0.4 is 21.7 Å². The lowest BCUT2D eigenvalue weighted by molar-refractivity contribution is -0.141. The van der Waals surface area contributed by atoms with Gasteiger partial charge < -0.3 is 37.0 Å². The minimum Gasteiger partial charge on any atom is -0.480 e. The Morgan fingerprint density at radius 2 is 1.62 bits per heavy atom. The molecule has 0 aliphatic rings. The standard InChI is InChI=1S/C10H16N4O7S.C5H9NO3S/c11-5(10(19)20)1-2-7(15)13-6(4-22-14-21)9(18)12-3-8(16)17;1-3(7)6-4(2-10)5(8)9/h5-6H,1-4,11H2,(H,12,18)(H,13,15)(H,16,17)(H,19,20);4,10H,2H2,1H3,(H,6,7)(H,8,9)/t5-,6-;4-/m00/s1. The fraction of sp³-hybridized carbons (Fsp3) is 0.600. The van der Waals surface area contributed by atoms with Crippen LogP contribution >= 0.6 is 24.6 Å². The SMILES string of the molecule is CC(=O)N[C@@H](CS)C(=O)O.N[C@@H](CCC(=O)N[C@@H](CSN=O)C(=O)NCC(=O)O)C(=O)O. The molecule has 0 aromatic heterocycles. The van der Waals surface area contributed by atoms with E-state index in [0.717, 1.165) is 0 Å². The van der Waals surface area contributed by atoms with Crippen molar-refractivity contribution < 1.29 is 44.1 Å². The van der Waals surface area contributed by atoms with Crippen molar-refractivity contribution >= 4 is 60.2 Å². The predicted octanol–water partition coefficient (Wildman–Crippen LogP) is -2.22. The number of nitrogens with zero attached hydrogens (tertiary/aromatic N) is 1. The predicted molar refractivity (Wildman–Crippen MR) is 115 cm³/mol. The summed E-state index contributed by atoms with van der Waals surface area (Å²) in [6.45, 7) is 0.619. The third kappa shape index (κ3) is 16.8. The Morgan fingerprint density at radius 1 is 1.03 bits per heavy atom. The molecular weight excluding hydrogens is 474 g/mol. The van der Waals surface area contributed by atoms with Gasteiger partial charge in [-0.15, -0.1) is 4.91 Å². The maximum atomic E-state index is 11.7. The summed E-state index contributed by atoms with van der Waals surface area (Å²) in [4.78, 5) is 74.7. The van der Waals surface area contributed by atoms with Gasteiger partial charge in [-0.05, 0) is 6.42 Å². The summed E-state index contributed by atoms with van der Waals surface area (Å²) >= 11 is 4.21. The molecule has 0 saturated carbocycles.